The van der Waals surface area contributed by atoms with Crippen molar-refractivity contribution in [3.63, 3.8) is 0 Å². The average Bonchev–Trinajstić information content (AvgIpc) is 0. The first kappa shape index (κ1) is 66.3. The zero-order valence-corrected chi connectivity index (χ0v) is 17.5. The summed E-state index contributed by atoms with van der Waals surface area (Å²) in [5.74, 6) is 0. The molecule has 0 fully saturated rings. The van der Waals surface area contributed by atoms with Crippen LogP contribution in [0, 0.1) is 0 Å². The van der Waals surface area contributed by atoms with Crippen LogP contribution in [0.5, 0.6) is 0 Å². The molecule has 0 amide bonds. The van der Waals surface area contributed by atoms with Crippen molar-refractivity contribution in [2.45, 2.75) is 0 Å². The van der Waals surface area contributed by atoms with Gasteiger partial charge in [0.05, 0.1) is 0 Å². The second kappa shape index (κ2) is 49.1. The molecule has 47 valence electrons. The van der Waals surface area contributed by atoms with E-state index in [1.165, 1.54) is 0 Å². The fourth-order valence-corrected chi connectivity index (χ4v) is 0. The summed E-state index contributed by atoms with van der Waals surface area (Å²) >= 11 is 0. The Morgan fingerprint density at radius 1 is 0.286 bits per heavy atom. The van der Waals surface area contributed by atoms with Gasteiger partial charge >= 0.3 is 60.3 Å². The van der Waals surface area contributed by atoms with Gasteiger partial charge in [-0.1, -0.05) is 0 Å². The Morgan fingerprint density at radius 2 is 0.286 bits per heavy atom. The molecular formula is As4Ir3. The van der Waals surface area contributed by atoms with Gasteiger partial charge in [-0.05, 0) is 0 Å². The van der Waals surface area contributed by atoms with Crippen molar-refractivity contribution >= 4 is 71.8 Å². The van der Waals surface area contributed by atoms with Crippen LogP contribution in [0.2, 0.25) is 0 Å². The average molecular weight is 876 g/mol. The van der Waals surface area contributed by atoms with E-state index in [1.807, 2.05) is 0 Å². The van der Waals surface area contributed by atoms with Crippen LogP contribution in [0.25, 0.3) is 0 Å². The molecule has 0 aromatic carbocycles. The van der Waals surface area contributed by atoms with E-state index in [0.29, 0.717) is 0 Å². The van der Waals surface area contributed by atoms with E-state index in [0.717, 1.165) is 0 Å². The summed E-state index contributed by atoms with van der Waals surface area (Å²) < 4.78 is 0. The molecule has 7 heavy (non-hydrogen) atoms. The minimum absolute atomic E-state index is 0. The maximum absolute atomic E-state index is 0. The smallest absolute Gasteiger partial charge is 3.00 e. The molecule has 0 unspecified atom stereocenters. The van der Waals surface area contributed by atoms with Crippen LogP contribution < -0.4 is 0 Å². The molecule has 0 heterocycles. The van der Waals surface area contributed by atoms with Crippen molar-refractivity contribution in [1.29, 1.82) is 0 Å². The Bertz CT molecular complexity index is 6.90. The summed E-state index contributed by atoms with van der Waals surface area (Å²) in [5.41, 5.74) is 0. The molecule has 3 radical (unpaired) electrons. The minimum Gasteiger partial charge on any atom is -3.00 e. The third-order valence-electron chi connectivity index (χ3n) is 0. The van der Waals surface area contributed by atoms with E-state index in [1.54, 1.807) is 0 Å². The van der Waals surface area contributed by atoms with Crippen molar-refractivity contribution in [1.82, 2.24) is 0 Å². The molecule has 0 aliphatic rings. The summed E-state index contributed by atoms with van der Waals surface area (Å²) in [4.78, 5) is 0. The van der Waals surface area contributed by atoms with Gasteiger partial charge in [-0.15, -0.1) is 0 Å². The fraction of sp³-hybridized carbons (Fsp3) is 0. The predicted molar refractivity (Wildman–Crippen MR) is 23.0 cm³/mol. The van der Waals surface area contributed by atoms with E-state index in [4.69, 9.17) is 0 Å². The first-order valence-corrected chi connectivity index (χ1v) is 0. The van der Waals surface area contributed by atoms with Crippen LogP contribution in [0.4, 0.5) is 0 Å². The Hall–Kier alpha value is 4.18. The normalized spacial score (nSPS) is 0. The van der Waals surface area contributed by atoms with E-state index >= 15 is 0 Å². The zero-order chi connectivity index (χ0) is 0. The number of hydrogen-bond acceptors (Lipinski definition) is 0. The Kier molecular flexibility index (Phi) is 465. The van der Waals surface area contributed by atoms with Gasteiger partial charge in [0, 0.05) is 0 Å². The van der Waals surface area contributed by atoms with Crippen LogP contribution in [0.1, 0.15) is 0 Å². The van der Waals surface area contributed by atoms with Crippen molar-refractivity contribution in [2.24, 2.45) is 0 Å². The monoisotopic (exact) mass is 879 g/mol. The second-order valence-corrected chi connectivity index (χ2v) is 0. The fourth-order valence-electron chi connectivity index (χ4n) is 0. The molecule has 0 N–H and O–H groups in total. The van der Waals surface area contributed by atoms with E-state index < -0.39 is 0 Å². The summed E-state index contributed by atoms with van der Waals surface area (Å²) in [6.07, 6.45) is 0. The maximum Gasteiger partial charge on any atom is 4.00 e. The Labute approximate surface area is 130 Å². The van der Waals surface area contributed by atoms with Gasteiger partial charge in [-0.2, -0.15) is 0 Å². The van der Waals surface area contributed by atoms with Gasteiger partial charge in [0.15, 0.2) is 0 Å². The summed E-state index contributed by atoms with van der Waals surface area (Å²) in [7, 11) is 0. The zero-order valence-electron chi connectivity index (χ0n) is 2.79. The summed E-state index contributed by atoms with van der Waals surface area (Å²) in [5, 5.41) is 0. The third-order valence-corrected chi connectivity index (χ3v) is 0. The SMILES string of the molecule is [As-3].[As-3].[As-3].[As-3].[Ir+4].[Ir+4].[Ir+4]. The van der Waals surface area contributed by atoms with E-state index in [9.17, 15) is 0 Å². The molecule has 0 aliphatic carbocycles. The summed E-state index contributed by atoms with van der Waals surface area (Å²) in [6, 6.07) is 0. The van der Waals surface area contributed by atoms with Crippen molar-refractivity contribution < 1.29 is 60.3 Å². The van der Waals surface area contributed by atoms with E-state index in [-0.39, 0.29) is 132 Å². The Balaban J connectivity index is 0. The molecule has 0 nitrogen and oxygen atoms in total. The molecule has 0 aromatic rings. The van der Waals surface area contributed by atoms with Crippen LogP contribution >= 0.6 is 0 Å². The topological polar surface area (TPSA) is 0 Å². The number of rotatable bonds is 0. The molecule has 0 bridgehead atoms. The standard InChI is InChI=1S/4As.3Ir/q4*-3;3*+4. The van der Waals surface area contributed by atoms with Gasteiger partial charge in [-0.25, -0.2) is 0 Å². The second-order valence-electron chi connectivity index (χ2n) is 0. The first-order valence-electron chi connectivity index (χ1n) is 0. The molecule has 0 saturated heterocycles. The Morgan fingerprint density at radius 3 is 0.286 bits per heavy atom. The predicted octanol–water partition coefficient (Wildman–Crippen LogP) is -1.53. The van der Waals surface area contributed by atoms with Crippen molar-refractivity contribution in [2.75, 3.05) is 0 Å². The molecule has 0 atom stereocenters. The molecule has 0 aromatic heterocycles. The van der Waals surface area contributed by atoms with Gasteiger partial charge in [0.25, 0.3) is 0 Å². The van der Waals surface area contributed by atoms with Gasteiger partial charge in [0.2, 0.25) is 0 Å². The maximum atomic E-state index is 0. The summed E-state index contributed by atoms with van der Waals surface area (Å²) in [6.45, 7) is 0. The molecular weight excluding hydrogens is 876 g/mol. The molecule has 0 rings (SSSR count). The van der Waals surface area contributed by atoms with Crippen molar-refractivity contribution in [3.05, 3.63) is 0 Å². The number of hydrogen-bond donors (Lipinski definition) is 0. The molecule has 0 aliphatic heterocycles. The third kappa shape index (κ3) is 39.0. The van der Waals surface area contributed by atoms with Crippen LogP contribution in [-0.2, 0) is 60.3 Å². The van der Waals surface area contributed by atoms with Crippen LogP contribution in [0.15, 0.2) is 0 Å². The minimum atomic E-state index is 0. The molecule has 0 saturated carbocycles. The van der Waals surface area contributed by atoms with Crippen LogP contribution in [-0.4, -0.2) is 71.8 Å². The quantitative estimate of drug-likeness (QED) is 0.260. The van der Waals surface area contributed by atoms with Gasteiger partial charge in [0.1, 0.15) is 0 Å². The largest absolute Gasteiger partial charge is 4.00 e. The molecule has 0 spiro atoms. The van der Waals surface area contributed by atoms with Crippen molar-refractivity contribution in [3.8, 4) is 0 Å². The van der Waals surface area contributed by atoms with E-state index in [2.05, 4.69) is 0 Å². The van der Waals surface area contributed by atoms with Crippen LogP contribution in [0.3, 0.4) is 0 Å². The van der Waals surface area contributed by atoms with Gasteiger partial charge in [-0.3, -0.25) is 0 Å². The van der Waals surface area contributed by atoms with Gasteiger partial charge < -0.3 is 71.8 Å². The molecule has 7 heteroatoms. The first-order chi connectivity index (χ1) is 0.